The Morgan fingerprint density at radius 1 is 0.710 bits per heavy atom. The van der Waals surface area contributed by atoms with E-state index >= 15 is 0 Å². The largest absolute Gasteiger partial charge is 0.365 e. The fourth-order valence-electron chi connectivity index (χ4n) is 5.79. The van der Waals surface area contributed by atoms with Crippen LogP contribution in [-0.2, 0) is 23.5 Å². The molecule has 4 aromatic rings. The van der Waals surface area contributed by atoms with Crippen LogP contribution in [0.4, 0.5) is 0 Å². The van der Waals surface area contributed by atoms with E-state index in [4.69, 9.17) is 4.74 Å². The van der Waals surface area contributed by atoms with E-state index < -0.39 is 0 Å². The SMILES string of the molecule is c1ccc2c(c1)COC21CCN(CCCCn2c3ccccc3c3ccccc32)CC1. The number of nitrogens with zero attached hydrogens (tertiary/aromatic N) is 2. The fraction of sp³-hybridized carbons (Fsp3) is 0.357. The van der Waals surface area contributed by atoms with E-state index in [0.29, 0.717) is 0 Å². The summed E-state index contributed by atoms with van der Waals surface area (Å²) in [6.45, 7) is 5.35. The Hall–Kier alpha value is -2.62. The van der Waals surface area contributed by atoms with Crippen molar-refractivity contribution in [2.24, 2.45) is 0 Å². The highest BCUT2D eigenvalue weighted by Gasteiger charge is 2.42. The molecule has 1 saturated heterocycles. The first-order valence-electron chi connectivity index (χ1n) is 11.7. The van der Waals surface area contributed by atoms with Crippen molar-refractivity contribution < 1.29 is 4.74 Å². The zero-order valence-electron chi connectivity index (χ0n) is 18.1. The number of benzene rings is 3. The van der Waals surface area contributed by atoms with E-state index in [1.807, 2.05) is 0 Å². The maximum Gasteiger partial charge on any atom is 0.0963 e. The molecule has 31 heavy (non-hydrogen) atoms. The van der Waals surface area contributed by atoms with Gasteiger partial charge in [-0.15, -0.1) is 0 Å². The third-order valence-electron chi connectivity index (χ3n) is 7.46. The van der Waals surface area contributed by atoms with E-state index in [1.54, 1.807) is 0 Å². The predicted molar refractivity (Wildman–Crippen MR) is 127 cm³/mol. The Bertz CT molecular complexity index is 1160. The monoisotopic (exact) mass is 410 g/mol. The third kappa shape index (κ3) is 3.28. The van der Waals surface area contributed by atoms with Gasteiger partial charge in [0.05, 0.1) is 12.2 Å². The first-order chi connectivity index (χ1) is 15.3. The van der Waals surface area contributed by atoms with Crippen LogP contribution in [0.15, 0.2) is 72.8 Å². The Morgan fingerprint density at radius 3 is 2.06 bits per heavy atom. The molecule has 1 aromatic heterocycles. The van der Waals surface area contributed by atoms with Gasteiger partial charge < -0.3 is 14.2 Å². The van der Waals surface area contributed by atoms with Gasteiger partial charge >= 0.3 is 0 Å². The number of likely N-dealkylation sites (tertiary alicyclic amines) is 1. The number of para-hydroxylation sites is 2. The number of rotatable bonds is 5. The van der Waals surface area contributed by atoms with Gasteiger partial charge in [0.2, 0.25) is 0 Å². The summed E-state index contributed by atoms with van der Waals surface area (Å²) in [6, 6.07) is 26.4. The maximum atomic E-state index is 6.33. The molecule has 0 N–H and O–H groups in total. The lowest BCUT2D eigenvalue weighted by molar-refractivity contribution is -0.0788. The van der Waals surface area contributed by atoms with Crippen LogP contribution in [0.25, 0.3) is 21.8 Å². The average molecular weight is 411 g/mol. The van der Waals surface area contributed by atoms with Gasteiger partial charge in [0, 0.05) is 41.4 Å². The molecule has 0 saturated carbocycles. The van der Waals surface area contributed by atoms with Gasteiger partial charge in [0.1, 0.15) is 0 Å². The number of piperidine rings is 1. The summed E-state index contributed by atoms with van der Waals surface area (Å²) in [5.41, 5.74) is 5.54. The van der Waals surface area contributed by atoms with E-state index in [9.17, 15) is 0 Å². The molecule has 3 heterocycles. The van der Waals surface area contributed by atoms with Crippen LogP contribution in [-0.4, -0.2) is 29.1 Å². The number of unbranched alkanes of at least 4 members (excludes halogenated alkanes) is 1. The second-order valence-corrected chi connectivity index (χ2v) is 9.17. The van der Waals surface area contributed by atoms with Crippen molar-refractivity contribution in [3.05, 3.63) is 83.9 Å². The summed E-state index contributed by atoms with van der Waals surface area (Å²) in [6.07, 6.45) is 4.70. The smallest absolute Gasteiger partial charge is 0.0963 e. The number of hydrogen-bond donors (Lipinski definition) is 0. The minimum atomic E-state index is -0.0178. The highest BCUT2D eigenvalue weighted by Crippen LogP contribution is 2.44. The van der Waals surface area contributed by atoms with Crippen LogP contribution in [0.3, 0.4) is 0 Å². The number of fused-ring (bicyclic) bond motifs is 5. The molecule has 0 radical (unpaired) electrons. The molecule has 3 aromatic carbocycles. The molecule has 6 rings (SSSR count). The lowest BCUT2D eigenvalue weighted by Crippen LogP contribution is -2.42. The van der Waals surface area contributed by atoms with Crippen molar-refractivity contribution in [2.75, 3.05) is 19.6 Å². The molecule has 0 amide bonds. The van der Waals surface area contributed by atoms with Crippen molar-refractivity contribution in [1.29, 1.82) is 0 Å². The highest BCUT2D eigenvalue weighted by atomic mass is 16.5. The first-order valence-corrected chi connectivity index (χ1v) is 11.7. The lowest BCUT2D eigenvalue weighted by atomic mass is 9.84. The zero-order chi connectivity index (χ0) is 20.7. The molecule has 0 bridgehead atoms. The molecule has 0 aliphatic carbocycles. The second kappa shape index (κ2) is 7.81. The molecule has 3 nitrogen and oxygen atoms in total. The van der Waals surface area contributed by atoms with Gasteiger partial charge in [-0.1, -0.05) is 60.7 Å². The maximum absolute atomic E-state index is 6.33. The van der Waals surface area contributed by atoms with Crippen molar-refractivity contribution in [1.82, 2.24) is 9.47 Å². The van der Waals surface area contributed by atoms with Crippen LogP contribution >= 0.6 is 0 Å². The Labute approximate surface area is 184 Å². The topological polar surface area (TPSA) is 17.4 Å². The molecule has 2 aliphatic rings. The number of aromatic nitrogens is 1. The van der Waals surface area contributed by atoms with Gasteiger partial charge in [-0.25, -0.2) is 0 Å². The summed E-state index contributed by atoms with van der Waals surface area (Å²) in [5, 5.41) is 2.74. The van der Waals surface area contributed by atoms with E-state index in [-0.39, 0.29) is 5.60 Å². The molecule has 1 fully saturated rings. The Morgan fingerprint density at radius 2 is 1.32 bits per heavy atom. The summed E-state index contributed by atoms with van der Waals surface area (Å²) >= 11 is 0. The number of ether oxygens (including phenoxy) is 1. The summed E-state index contributed by atoms with van der Waals surface area (Å²) in [4.78, 5) is 2.64. The fourth-order valence-corrected chi connectivity index (χ4v) is 5.79. The summed E-state index contributed by atoms with van der Waals surface area (Å²) in [5.74, 6) is 0. The van der Waals surface area contributed by atoms with Crippen molar-refractivity contribution in [2.45, 2.75) is 44.4 Å². The number of hydrogen-bond acceptors (Lipinski definition) is 2. The molecule has 0 unspecified atom stereocenters. The molecule has 158 valence electrons. The van der Waals surface area contributed by atoms with Gasteiger partial charge in [0.25, 0.3) is 0 Å². The standard InChI is InChI=1S/C28H30N2O/c1-4-12-25-22(9-1)21-31-28(25)15-19-29(20-16-28)17-7-8-18-30-26-13-5-2-10-23(26)24-11-3-6-14-27(24)30/h1-6,9-14H,7-8,15-21H2. The Balaban J connectivity index is 1.07. The average Bonchev–Trinajstić information content (AvgIpc) is 3.35. The second-order valence-electron chi connectivity index (χ2n) is 9.17. The van der Waals surface area contributed by atoms with Gasteiger partial charge in [0.15, 0.2) is 0 Å². The minimum Gasteiger partial charge on any atom is -0.365 e. The van der Waals surface area contributed by atoms with Crippen molar-refractivity contribution >= 4 is 21.8 Å². The first kappa shape index (κ1) is 19.1. The van der Waals surface area contributed by atoms with E-state index in [2.05, 4.69) is 82.3 Å². The summed E-state index contributed by atoms with van der Waals surface area (Å²) < 4.78 is 8.84. The normalized spacial score (nSPS) is 18.2. The highest BCUT2D eigenvalue weighted by molar-refractivity contribution is 6.07. The van der Waals surface area contributed by atoms with Crippen LogP contribution in [0, 0.1) is 0 Å². The van der Waals surface area contributed by atoms with Gasteiger partial charge in [-0.3, -0.25) is 0 Å². The van der Waals surface area contributed by atoms with E-state index in [0.717, 1.165) is 39.1 Å². The predicted octanol–water partition coefficient (Wildman–Crippen LogP) is 6.10. The van der Waals surface area contributed by atoms with E-state index in [1.165, 1.54) is 52.3 Å². The van der Waals surface area contributed by atoms with Crippen LogP contribution < -0.4 is 0 Å². The van der Waals surface area contributed by atoms with Crippen LogP contribution in [0.1, 0.15) is 36.8 Å². The third-order valence-corrected chi connectivity index (χ3v) is 7.46. The molecular formula is C28H30N2O. The van der Waals surface area contributed by atoms with Gasteiger partial charge in [-0.05, 0) is 55.5 Å². The zero-order valence-corrected chi connectivity index (χ0v) is 18.1. The molecule has 0 atom stereocenters. The van der Waals surface area contributed by atoms with Gasteiger partial charge in [-0.2, -0.15) is 0 Å². The molecule has 1 spiro atoms. The van der Waals surface area contributed by atoms with Crippen molar-refractivity contribution in [3.8, 4) is 0 Å². The molecule has 2 aliphatic heterocycles. The van der Waals surface area contributed by atoms with Crippen molar-refractivity contribution in [3.63, 3.8) is 0 Å². The van der Waals surface area contributed by atoms with Crippen LogP contribution in [0.5, 0.6) is 0 Å². The quantitative estimate of drug-likeness (QED) is 0.370. The molecular weight excluding hydrogens is 380 g/mol. The molecule has 3 heteroatoms. The Kier molecular flexibility index (Phi) is 4.81. The number of aryl methyl sites for hydroxylation is 1. The summed E-state index contributed by atoms with van der Waals surface area (Å²) in [7, 11) is 0. The minimum absolute atomic E-state index is 0.0178. The van der Waals surface area contributed by atoms with Crippen LogP contribution in [0.2, 0.25) is 0 Å². The lowest BCUT2D eigenvalue weighted by Gasteiger charge is -2.39.